The maximum Gasteiger partial charge on any atom is 0.222 e. The van der Waals surface area contributed by atoms with Crippen LogP contribution in [0.2, 0.25) is 0 Å². The van der Waals surface area contributed by atoms with Gasteiger partial charge in [-0.05, 0) is 13.8 Å². The number of aromatic nitrogens is 2. The van der Waals surface area contributed by atoms with E-state index < -0.39 is 0 Å². The van der Waals surface area contributed by atoms with Crippen LogP contribution in [0.3, 0.4) is 0 Å². The molecular weight excluding hydrogens is 140 g/mol. The van der Waals surface area contributed by atoms with Gasteiger partial charge in [-0.25, -0.2) is 9.97 Å². The van der Waals surface area contributed by atoms with Gasteiger partial charge < -0.3 is 11.1 Å². The van der Waals surface area contributed by atoms with Crippen molar-refractivity contribution in [3.63, 3.8) is 0 Å². The Labute approximate surface area is 65.9 Å². The summed E-state index contributed by atoms with van der Waals surface area (Å²) in [6, 6.07) is 0. The van der Waals surface area contributed by atoms with Crippen molar-refractivity contribution in [2.75, 3.05) is 17.6 Å². The molecule has 0 spiro atoms. The third-order valence-corrected chi connectivity index (χ3v) is 1.35. The van der Waals surface area contributed by atoms with Gasteiger partial charge in [0, 0.05) is 6.54 Å². The summed E-state index contributed by atoms with van der Waals surface area (Å²) in [5.41, 5.74) is 6.98. The van der Waals surface area contributed by atoms with E-state index in [-0.39, 0.29) is 0 Å². The zero-order chi connectivity index (χ0) is 8.27. The lowest BCUT2D eigenvalue weighted by Gasteiger charge is -2.02. The number of hydrogen-bond acceptors (Lipinski definition) is 4. The third-order valence-electron chi connectivity index (χ3n) is 1.35. The summed E-state index contributed by atoms with van der Waals surface area (Å²) in [7, 11) is 0. The minimum absolute atomic E-state index is 0.631. The molecular formula is C7H12N4. The van der Waals surface area contributed by atoms with Crippen LogP contribution in [0.15, 0.2) is 6.20 Å². The second kappa shape index (κ2) is 3.18. The van der Waals surface area contributed by atoms with E-state index in [4.69, 9.17) is 5.73 Å². The molecule has 1 aromatic rings. The van der Waals surface area contributed by atoms with Crippen molar-refractivity contribution in [1.29, 1.82) is 0 Å². The van der Waals surface area contributed by atoms with Crippen LogP contribution in [-0.2, 0) is 0 Å². The van der Waals surface area contributed by atoms with Crippen molar-refractivity contribution in [2.24, 2.45) is 0 Å². The fraction of sp³-hybridized carbons (Fsp3) is 0.429. The van der Waals surface area contributed by atoms with Gasteiger partial charge in [0.15, 0.2) is 0 Å². The predicted octanol–water partition coefficient (Wildman–Crippen LogP) is 0.799. The van der Waals surface area contributed by atoms with Gasteiger partial charge in [0.25, 0.3) is 0 Å². The van der Waals surface area contributed by atoms with Crippen molar-refractivity contribution in [3.05, 3.63) is 11.9 Å². The molecule has 1 rings (SSSR count). The maximum atomic E-state index is 5.53. The predicted molar refractivity (Wildman–Crippen MR) is 45.3 cm³/mol. The molecule has 4 nitrogen and oxygen atoms in total. The first-order valence-corrected chi connectivity index (χ1v) is 3.57. The average Bonchev–Trinajstić information content (AvgIpc) is 1.98. The van der Waals surface area contributed by atoms with Gasteiger partial charge in [0.05, 0.1) is 17.6 Å². The van der Waals surface area contributed by atoms with Crippen molar-refractivity contribution in [3.8, 4) is 0 Å². The smallest absolute Gasteiger partial charge is 0.222 e. The number of rotatable bonds is 2. The summed E-state index contributed by atoms with van der Waals surface area (Å²) in [6.45, 7) is 4.68. The number of nitrogens with zero attached hydrogens (tertiary/aromatic N) is 2. The van der Waals surface area contributed by atoms with Crippen molar-refractivity contribution >= 4 is 11.6 Å². The SMILES string of the molecule is CCNc1ncc(N)c(C)n1. The van der Waals surface area contributed by atoms with E-state index in [1.807, 2.05) is 13.8 Å². The van der Waals surface area contributed by atoms with Crippen molar-refractivity contribution < 1.29 is 0 Å². The van der Waals surface area contributed by atoms with Crippen molar-refractivity contribution in [1.82, 2.24) is 9.97 Å². The molecule has 60 valence electrons. The van der Waals surface area contributed by atoms with Crippen LogP contribution in [0.4, 0.5) is 11.6 Å². The molecule has 0 aliphatic rings. The number of nitrogens with two attached hydrogens (primary N) is 1. The van der Waals surface area contributed by atoms with Crippen molar-refractivity contribution in [2.45, 2.75) is 13.8 Å². The Kier molecular flexibility index (Phi) is 2.25. The molecule has 0 saturated carbocycles. The van der Waals surface area contributed by atoms with Crippen LogP contribution in [-0.4, -0.2) is 16.5 Å². The molecule has 0 aliphatic carbocycles. The highest BCUT2D eigenvalue weighted by Crippen LogP contribution is 2.07. The maximum absolute atomic E-state index is 5.53. The van der Waals surface area contributed by atoms with Crippen LogP contribution in [0, 0.1) is 6.92 Å². The second-order valence-corrected chi connectivity index (χ2v) is 2.26. The van der Waals surface area contributed by atoms with Gasteiger partial charge in [-0.3, -0.25) is 0 Å². The molecule has 0 amide bonds. The zero-order valence-electron chi connectivity index (χ0n) is 6.76. The second-order valence-electron chi connectivity index (χ2n) is 2.26. The van der Waals surface area contributed by atoms with Gasteiger partial charge in [-0.15, -0.1) is 0 Å². The molecule has 0 unspecified atom stereocenters. The Morgan fingerprint density at radius 2 is 2.36 bits per heavy atom. The normalized spacial score (nSPS) is 9.64. The van der Waals surface area contributed by atoms with Crippen LogP contribution in [0.5, 0.6) is 0 Å². The largest absolute Gasteiger partial charge is 0.396 e. The highest BCUT2D eigenvalue weighted by molar-refractivity contribution is 5.42. The van der Waals surface area contributed by atoms with Gasteiger partial charge in [-0.2, -0.15) is 0 Å². The average molecular weight is 152 g/mol. The van der Waals surface area contributed by atoms with Crippen LogP contribution in [0.1, 0.15) is 12.6 Å². The van der Waals surface area contributed by atoms with E-state index in [1.165, 1.54) is 0 Å². The number of aryl methyl sites for hydroxylation is 1. The Balaban J connectivity index is 2.86. The minimum Gasteiger partial charge on any atom is -0.396 e. The number of nitrogen functional groups attached to an aromatic ring is 1. The molecule has 1 aromatic heterocycles. The van der Waals surface area contributed by atoms with E-state index in [0.717, 1.165) is 12.2 Å². The lowest BCUT2D eigenvalue weighted by atomic mass is 10.4. The Morgan fingerprint density at radius 3 is 2.91 bits per heavy atom. The summed E-state index contributed by atoms with van der Waals surface area (Å²) in [5, 5.41) is 3.00. The molecule has 0 atom stereocenters. The number of hydrogen-bond donors (Lipinski definition) is 2. The summed E-state index contributed by atoms with van der Waals surface area (Å²) >= 11 is 0. The molecule has 0 aromatic carbocycles. The molecule has 0 radical (unpaired) electrons. The van der Waals surface area contributed by atoms with Crippen LogP contribution >= 0.6 is 0 Å². The van der Waals surface area contributed by atoms with Gasteiger partial charge in [0.1, 0.15) is 0 Å². The molecule has 0 aliphatic heterocycles. The first-order valence-electron chi connectivity index (χ1n) is 3.57. The quantitative estimate of drug-likeness (QED) is 0.658. The molecule has 0 bridgehead atoms. The summed E-state index contributed by atoms with van der Waals surface area (Å²) in [5.74, 6) is 0.638. The Bertz CT molecular complexity index is 246. The summed E-state index contributed by atoms with van der Waals surface area (Å²) in [4.78, 5) is 8.10. The lowest BCUT2D eigenvalue weighted by Crippen LogP contribution is -2.04. The van der Waals surface area contributed by atoms with Crippen LogP contribution in [0.25, 0.3) is 0 Å². The number of nitrogens with one attached hydrogen (secondary N) is 1. The molecule has 11 heavy (non-hydrogen) atoms. The molecule has 0 fully saturated rings. The Morgan fingerprint density at radius 1 is 1.64 bits per heavy atom. The number of anilines is 2. The summed E-state index contributed by atoms with van der Waals surface area (Å²) < 4.78 is 0. The first-order chi connectivity index (χ1) is 5.24. The van der Waals surface area contributed by atoms with E-state index in [1.54, 1.807) is 6.20 Å². The molecule has 4 heteroatoms. The van der Waals surface area contributed by atoms with E-state index in [0.29, 0.717) is 11.6 Å². The highest BCUT2D eigenvalue weighted by Gasteiger charge is 1.96. The summed E-state index contributed by atoms with van der Waals surface area (Å²) in [6.07, 6.45) is 1.61. The van der Waals surface area contributed by atoms with Gasteiger partial charge >= 0.3 is 0 Å². The van der Waals surface area contributed by atoms with Gasteiger partial charge in [-0.1, -0.05) is 0 Å². The minimum atomic E-state index is 0.631. The first kappa shape index (κ1) is 7.78. The standard InChI is InChI=1S/C7H12N4/c1-3-9-7-10-4-6(8)5(2)11-7/h4H,3,8H2,1-2H3,(H,9,10,11). The molecule has 0 saturated heterocycles. The van der Waals surface area contributed by atoms with E-state index in [9.17, 15) is 0 Å². The monoisotopic (exact) mass is 152 g/mol. The van der Waals surface area contributed by atoms with E-state index >= 15 is 0 Å². The third kappa shape index (κ3) is 1.80. The molecule has 3 N–H and O–H groups in total. The lowest BCUT2D eigenvalue weighted by molar-refractivity contribution is 1.06. The zero-order valence-corrected chi connectivity index (χ0v) is 6.76. The van der Waals surface area contributed by atoms with Crippen LogP contribution < -0.4 is 11.1 Å². The van der Waals surface area contributed by atoms with E-state index in [2.05, 4.69) is 15.3 Å². The fourth-order valence-corrected chi connectivity index (χ4v) is 0.720. The topological polar surface area (TPSA) is 63.8 Å². The molecule has 1 heterocycles. The fourth-order valence-electron chi connectivity index (χ4n) is 0.720. The Hall–Kier alpha value is -1.32. The highest BCUT2D eigenvalue weighted by atomic mass is 15.1. The van der Waals surface area contributed by atoms with Gasteiger partial charge in [0.2, 0.25) is 5.95 Å².